The lowest BCUT2D eigenvalue weighted by Gasteiger charge is -2.32. The number of carbonyl (C=O) groups is 1. The first kappa shape index (κ1) is 12.0. The number of piperazine rings is 1. The average Bonchev–Trinajstić information content (AvgIpc) is 2.82. The number of carboxylic acids is 1. The number of quaternary nitrogens is 1. The van der Waals surface area contributed by atoms with E-state index in [9.17, 15) is 9.90 Å². The summed E-state index contributed by atoms with van der Waals surface area (Å²) in [6, 6.07) is 7.93. The minimum absolute atomic E-state index is 0.0912. The molecule has 0 atom stereocenters. The molecule has 1 aliphatic heterocycles. The molecule has 0 radical (unpaired) electrons. The van der Waals surface area contributed by atoms with E-state index in [2.05, 4.69) is 14.9 Å². The lowest BCUT2D eigenvalue weighted by Crippen LogP contribution is -3.16. The van der Waals surface area contributed by atoms with Crippen LogP contribution in [0.1, 0.15) is 0 Å². The first-order valence-corrected chi connectivity index (χ1v) is 6.45. The molecule has 1 saturated heterocycles. The number of para-hydroxylation sites is 2. The molecule has 0 spiro atoms. The van der Waals surface area contributed by atoms with Gasteiger partial charge < -0.3 is 24.7 Å². The van der Waals surface area contributed by atoms with E-state index >= 15 is 0 Å². The highest BCUT2D eigenvalue weighted by atomic mass is 16.4. The third kappa shape index (κ3) is 2.53. The van der Waals surface area contributed by atoms with Crippen LogP contribution in [-0.2, 0) is 4.79 Å². The lowest BCUT2D eigenvalue weighted by molar-refractivity contribution is -0.894. The number of rotatable bonds is 3. The van der Waals surface area contributed by atoms with Gasteiger partial charge in [0.15, 0.2) is 0 Å². The van der Waals surface area contributed by atoms with Gasteiger partial charge in [0.2, 0.25) is 5.95 Å². The number of aliphatic carboxylic acids is 1. The number of nitrogens with zero attached hydrogens (tertiary/aromatic N) is 2. The number of hydrogen-bond acceptors (Lipinski definition) is 4. The summed E-state index contributed by atoms with van der Waals surface area (Å²) >= 11 is 0. The van der Waals surface area contributed by atoms with Crippen molar-refractivity contribution in [2.45, 2.75) is 0 Å². The van der Waals surface area contributed by atoms with Crippen LogP contribution in [0.2, 0.25) is 0 Å². The second kappa shape index (κ2) is 4.89. The van der Waals surface area contributed by atoms with Gasteiger partial charge in [-0.2, -0.15) is 0 Å². The third-order valence-corrected chi connectivity index (χ3v) is 3.54. The third-order valence-electron chi connectivity index (χ3n) is 3.54. The van der Waals surface area contributed by atoms with Gasteiger partial charge in [-0.25, -0.2) is 4.98 Å². The van der Waals surface area contributed by atoms with Crippen molar-refractivity contribution in [1.82, 2.24) is 9.97 Å². The Morgan fingerprint density at radius 1 is 1.37 bits per heavy atom. The Kier molecular flexibility index (Phi) is 3.08. The van der Waals surface area contributed by atoms with Crippen molar-refractivity contribution in [3.05, 3.63) is 24.3 Å². The standard InChI is InChI=1S/C13H16N4O2/c18-12(19)9-16-5-7-17(8-6-16)13-14-10-3-1-2-4-11(10)15-13/h1-4H,5-9H2,(H,14,15)(H,18,19). The van der Waals surface area contributed by atoms with E-state index in [0.717, 1.165) is 48.1 Å². The Balaban J connectivity index is 1.69. The minimum atomic E-state index is -0.979. The second-order valence-corrected chi connectivity index (χ2v) is 4.86. The molecule has 0 unspecified atom stereocenters. The molecule has 2 heterocycles. The van der Waals surface area contributed by atoms with E-state index in [1.54, 1.807) is 0 Å². The Labute approximate surface area is 110 Å². The number of carbonyl (C=O) groups excluding carboxylic acids is 1. The van der Waals surface area contributed by atoms with Gasteiger partial charge in [0.25, 0.3) is 0 Å². The molecule has 19 heavy (non-hydrogen) atoms. The van der Waals surface area contributed by atoms with Crippen molar-refractivity contribution in [3.63, 3.8) is 0 Å². The predicted molar refractivity (Wildman–Crippen MR) is 68.9 cm³/mol. The van der Waals surface area contributed by atoms with Crippen molar-refractivity contribution < 1.29 is 14.8 Å². The molecule has 1 aromatic carbocycles. The highest BCUT2D eigenvalue weighted by Gasteiger charge is 2.21. The Morgan fingerprint density at radius 2 is 2.11 bits per heavy atom. The number of benzene rings is 1. The molecule has 3 rings (SSSR count). The topological polar surface area (TPSA) is 76.5 Å². The van der Waals surface area contributed by atoms with Gasteiger partial charge in [-0.3, -0.25) is 0 Å². The summed E-state index contributed by atoms with van der Waals surface area (Å²) in [6.07, 6.45) is 0. The van der Waals surface area contributed by atoms with E-state index in [1.807, 2.05) is 24.3 Å². The molecule has 0 aliphatic carbocycles. The number of nitrogens with one attached hydrogen (secondary N) is 2. The van der Waals surface area contributed by atoms with Crippen LogP contribution in [0, 0.1) is 0 Å². The number of aromatic amines is 1. The van der Waals surface area contributed by atoms with Crippen LogP contribution in [0.4, 0.5) is 5.95 Å². The van der Waals surface area contributed by atoms with E-state index in [1.165, 1.54) is 0 Å². The number of imidazole rings is 1. The van der Waals surface area contributed by atoms with Crippen LogP contribution >= 0.6 is 0 Å². The van der Waals surface area contributed by atoms with Gasteiger partial charge >= 0.3 is 0 Å². The summed E-state index contributed by atoms with van der Waals surface area (Å²) in [5, 5.41) is 10.6. The van der Waals surface area contributed by atoms with Crippen molar-refractivity contribution >= 4 is 23.0 Å². The first-order chi connectivity index (χ1) is 9.22. The van der Waals surface area contributed by atoms with Crippen LogP contribution in [0.5, 0.6) is 0 Å². The smallest absolute Gasteiger partial charge is 0.204 e. The summed E-state index contributed by atoms with van der Waals surface area (Å²) in [7, 11) is 0. The summed E-state index contributed by atoms with van der Waals surface area (Å²) in [5.74, 6) is -0.110. The first-order valence-electron chi connectivity index (χ1n) is 6.45. The SMILES string of the molecule is O=C([O-])C[NH+]1CCN(c2nc3ccccc3[nH]2)CC1. The number of fused-ring (bicyclic) bond motifs is 1. The largest absolute Gasteiger partial charge is 0.544 e. The second-order valence-electron chi connectivity index (χ2n) is 4.86. The fourth-order valence-electron chi connectivity index (χ4n) is 2.50. The van der Waals surface area contributed by atoms with Crippen LogP contribution < -0.4 is 14.9 Å². The van der Waals surface area contributed by atoms with Crippen molar-refractivity contribution in [1.29, 1.82) is 0 Å². The molecule has 0 amide bonds. The minimum Gasteiger partial charge on any atom is -0.544 e. The van der Waals surface area contributed by atoms with Gasteiger partial charge in [0.05, 0.1) is 43.2 Å². The molecule has 1 aromatic heterocycles. The van der Waals surface area contributed by atoms with Crippen molar-refractivity contribution in [3.8, 4) is 0 Å². The number of aromatic nitrogens is 2. The molecule has 2 aromatic rings. The quantitative estimate of drug-likeness (QED) is 0.670. The van der Waals surface area contributed by atoms with Gasteiger partial charge in [-0.05, 0) is 12.1 Å². The molecular weight excluding hydrogens is 244 g/mol. The van der Waals surface area contributed by atoms with Gasteiger partial charge in [-0.1, -0.05) is 12.1 Å². The highest BCUT2D eigenvalue weighted by molar-refractivity contribution is 5.77. The zero-order valence-electron chi connectivity index (χ0n) is 10.6. The van der Waals surface area contributed by atoms with Crippen molar-refractivity contribution in [2.75, 3.05) is 37.6 Å². The zero-order valence-corrected chi connectivity index (χ0v) is 10.6. The molecule has 1 fully saturated rings. The molecular formula is C13H16N4O2. The van der Waals surface area contributed by atoms with Crippen LogP contribution in [0.15, 0.2) is 24.3 Å². The van der Waals surface area contributed by atoms with E-state index in [4.69, 9.17) is 0 Å². The zero-order chi connectivity index (χ0) is 13.2. The number of carboxylic acid groups (broad SMARTS) is 1. The fraction of sp³-hybridized carbons (Fsp3) is 0.385. The van der Waals surface area contributed by atoms with Crippen LogP contribution in [0.3, 0.4) is 0 Å². The maximum Gasteiger partial charge on any atom is 0.204 e. The Bertz CT molecular complexity index is 554. The highest BCUT2D eigenvalue weighted by Crippen LogP contribution is 2.16. The van der Waals surface area contributed by atoms with E-state index < -0.39 is 5.97 Å². The maximum atomic E-state index is 10.6. The summed E-state index contributed by atoms with van der Waals surface area (Å²) in [6.45, 7) is 3.30. The predicted octanol–water partition coefficient (Wildman–Crippen LogP) is -1.98. The van der Waals surface area contributed by atoms with Crippen LogP contribution in [0.25, 0.3) is 11.0 Å². The Morgan fingerprint density at radius 3 is 2.79 bits per heavy atom. The molecule has 2 N–H and O–H groups in total. The summed E-state index contributed by atoms with van der Waals surface area (Å²) in [4.78, 5) is 21.7. The number of H-pyrrole nitrogens is 1. The monoisotopic (exact) mass is 260 g/mol. The molecule has 100 valence electrons. The molecule has 0 saturated carbocycles. The average molecular weight is 260 g/mol. The molecule has 6 heteroatoms. The summed E-state index contributed by atoms with van der Waals surface area (Å²) < 4.78 is 0. The van der Waals surface area contributed by atoms with Gasteiger partial charge in [-0.15, -0.1) is 0 Å². The van der Waals surface area contributed by atoms with Crippen molar-refractivity contribution in [2.24, 2.45) is 0 Å². The van der Waals surface area contributed by atoms with E-state index in [-0.39, 0.29) is 6.54 Å². The molecule has 6 nitrogen and oxygen atoms in total. The molecule has 0 bridgehead atoms. The van der Waals surface area contributed by atoms with Crippen LogP contribution in [-0.4, -0.2) is 48.7 Å². The normalized spacial score (nSPS) is 16.9. The maximum absolute atomic E-state index is 10.6. The van der Waals surface area contributed by atoms with Gasteiger partial charge in [0, 0.05) is 0 Å². The van der Waals surface area contributed by atoms with Gasteiger partial charge in [0.1, 0.15) is 6.54 Å². The number of hydrogen-bond donors (Lipinski definition) is 2. The van der Waals surface area contributed by atoms with E-state index in [0.29, 0.717) is 0 Å². The lowest BCUT2D eigenvalue weighted by atomic mass is 10.3. The Hall–Kier alpha value is -2.08. The molecule has 1 aliphatic rings. The summed E-state index contributed by atoms with van der Waals surface area (Å²) in [5.41, 5.74) is 1.99. The number of anilines is 1. The fourth-order valence-corrected chi connectivity index (χ4v) is 2.50.